The van der Waals surface area contributed by atoms with E-state index in [4.69, 9.17) is 0 Å². The van der Waals surface area contributed by atoms with E-state index in [2.05, 4.69) is 22.1 Å². The third-order valence-corrected chi connectivity index (χ3v) is 6.64. The predicted molar refractivity (Wildman–Crippen MR) is 123 cm³/mol. The molecule has 5 nitrogen and oxygen atoms in total. The van der Waals surface area contributed by atoms with Gasteiger partial charge in [-0.15, -0.1) is 0 Å². The normalized spacial score (nSPS) is 18.9. The topological polar surface area (TPSA) is 62.3 Å². The van der Waals surface area contributed by atoms with Crippen LogP contribution in [-0.4, -0.2) is 29.8 Å². The van der Waals surface area contributed by atoms with Gasteiger partial charge < -0.3 is 10.2 Å². The number of carbonyl (C=O) groups is 2. The first-order chi connectivity index (χ1) is 14.6. The average molecular weight is 414 g/mol. The zero-order chi connectivity index (χ0) is 21.3. The zero-order valence-corrected chi connectivity index (χ0v) is 19.0. The summed E-state index contributed by atoms with van der Waals surface area (Å²) in [5.41, 5.74) is 3.43. The molecular weight excluding hydrogens is 374 g/mol. The standard InChI is InChI=1S/C25H39N3O2/c1-3-13-21-23(19(2)29)26-18-22(24(21)28-16-11-8-12-17-28)27-25(30)20-14-9-6-4-5-7-10-15-20/h18,20H,3-17H2,1-2H3,(H,27,30). The number of ketones is 1. The Morgan fingerprint density at radius 2 is 1.60 bits per heavy atom. The average Bonchev–Trinajstić information content (AvgIpc) is 2.88. The van der Waals surface area contributed by atoms with E-state index in [9.17, 15) is 9.59 Å². The molecule has 5 heteroatoms. The van der Waals surface area contributed by atoms with Gasteiger partial charge in [-0.2, -0.15) is 0 Å². The van der Waals surface area contributed by atoms with Gasteiger partial charge in [0, 0.05) is 31.5 Å². The molecule has 0 atom stereocenters. The number of rotatable bonds is 6. The lowest BCUT2D eigenvalue weighted by molar-refractivity contribution is -0.120. The number of hydrogen-bond donors (Lipinski definition) is 1. The number of pyridine rings is 1. The van der Waals surface area contributed by atoms with Crippen LogP contribution in [0.5, 0.6) is 0 Å². The third-order valence-electron chi connectivity index (χ3n) is 6.64. The molecule has 2 fully saturated rings. The minimum Gasteiger partial charge on any atom is -0.370 e. The first-order valence-corrected chi connectivity index (χ1v) is 12.2. The second-order valence-electron chi connectivity index (χ2n) is 9.09. The van der Waals surface area contributed by atoms with E-state index >= 15 is 0 Å². The Morgan fingerprint density at radius 1 is 1.00 bits per heavy atom. The molecule has 2 heterocycles. The molecular formula is C25H39N3O2. The Morgan fingerprint density at radius 3 is 2.20 bits per heavy atom. The third kappa shape index (κ3) is 5.83. The van der Waals surface area contributed by atoms with Crippen molar-refractivity contribution in [2.45, 2.75) is 97.3 Å². The van der Waals surface area contributed by atoms with Crippen LogP contribution >= 0.6 is 0 Å². The summed E-state index contributed by atoms with van der Waals surface area (Å²) in [6.07, 6.45) is 16.3. The molecule has 1 amide bonds. The maximum atomic E-state index is 13.2. The van der Waals surface area contributed by atoms with Gasteiger partial charge in [0.2, 0.25) is 5.91 Å². The first-order valence-electron chi connectivity index (χ1n) is 12.2. The van der Waals surface area contributed by atoms with Crippen molar-refractivity contribution >= 4 is 23.1 Å². The van der Waals surface area contributed by atoms with Gasteiger partial charge >= 0.3 is 0 Å². The van der Waals surface area contributed by atoms with Crippen molar-refractivity contribution in [3.63, 3.8) is 0 Å². The fourth-order valence-corrected chi connectivity index (χ4v) is 5.03. The molecule has 166 valence electrons. The molecule has 0 aromatic carbocycles. The van der Waals surface area contributed by atoms with Gasteiger partial charge in [-0.1, -0.05) is 51.9 Å². The van der Waals surface area contributed by atoms with Gasteiger partial charge in [-0.3, -0.25) is 14.6 Å². The van der Waals surface area contributed by atoms with Crippen LogP contribution in [0.15, 0.2) is 6.20 Å². The smallest absolute Gasteiger partial charge is 0.227 e. The van der Waals surface area contributed by atoms with Crippen molar-refractivity contribution in [2.24, 2.45) is 5.92 Å². The molecule has 1 saturated carbocycles. The molecule has 0 spiro atoms. The molecule has 30 heavy (non-hydrogen) atoms. The quantitative estimate of drug-likeness (QED) is 0.588. The fraction of sp³-hybridized carbons (Fsp3) is 0.720. The number of aromatic nitrogens is 1. The summed E-state index contributed by atoms with van der Waals surface area (Å²) in [6, 6.07) is 0. The van der Waals surface area contributed by atoms with Crippen molar-refractivity contribution in [2.75, 3.05) is 23.3 Å². The van der Waals surface area contributed by atoms with Crippen molar-refractivity contribution in [3.05, 3.63) is 17.5 Å². The molecule has 1 aliphatic carbocycles. The summed E-state index contributed by atoms with van der Waals surface area (Å²) in [5.74, 6) is 0.222. The van der Waals surface area contributed by atoms with Gasteiger partial charge in [0.1, 0.15) is 5.69 Å². The van der Waals surface area contributed by atoms with Crippen molar-refractivity contribution in [1.82, 2.24) is 4.98 Å². The second kappa shape index (κ2) is 11.5. The van der Waals surface area contributed by atoms with Crippen LogP contribution in [-0.2, 0) is 11.2 Å². The Kier molecular flexibility index (Phi) is 8.71. The summed E-state index contributed by atoms with van der Waals surface area (Å²) in [7, 11) is 0. The van der Waals surface area contributed by atoms with E-state index in [-0.39, 0.29) is 17.6 Å². The molecule has 1 aliphatic heterocycles. The van der Waals surface area contributed by atoms with Crippen molar-refractivity contribution < 1.29 is 9.59 Å². The van der Waals surface area contributed by atoms with E-state index in [0.29, 0.717) is 5.69 Å². The van der Waals surface area contributed by atoms with Crippen LogP contribution in [0.3, 0.4) is 0 Å². The summed E-state index contributed by atoms with van der Waals surface area (Å²) < 4.78 is 0. The number of Topliss-reactive ketones (excluding diaryl/α,β-unsaturated/α-hetero) is 1. The van der Waals surface area contributed by atoms with E-state index < -0.39 is 0 Å². The highest BCUT2D eigenvalue weighted by molar-refractivity contribution is 6.00. The number of anilines is 2. The predicted octanol–water partition coefficient (Wildman–Crippen LogP) is 5.92. The van der Waals surface area contributed by atoms with Crippen molar-refractivity contribution in [3.8, 4) is 0 Å². The maximum absolute atomic E-state index is 13.2. The van der Waals surface area contributed by atoms with E-state index in [1.54, 1.807) is 13.1 Å². The number of piperidine rings is 1. The van der Waals surface area contributed by atoms with Crippen LogP contribution in [0.4, 0.5) is 11.4 Å². The largest absolute Gasteiger partial charge is 0.370 e. The Balaban J connectivity index is 1.90. The van der Waals surface area contributed by atoms with E-state index in [1.807, 2.05) is 0 Å². The van der Waals surface area contributed by atoms with Crippen LogP contribution in [0.2, 0.25) is 0 Å². The molecule has 3 rings (SSSR count). The monoisotopic (exact) mass is 413 g/mol. The number of nitrogens with zero attached hydrogens (tertiary/aromatic N) is 2. The molecule has 0 radical (unpaired) electrons. The molecule has 1 saturated heterocycles. The number of hydrogen-bond acceptors (Lipinski definition) is 4. The lowest BCUT2D eigenvalue weighted by atomic mass is 9.95. The Bertz CT molecular complexity index is 715. The fourth-order valence-electron chi connectivity index (χ4n) is 5.03. The SMILES string of the molecule is CCCc1c(C(C)=O)ncc(NC(=O)C2CCCCCCCC2)c1N1CCCCC1. The highest BCUT2D eigenvalue weighted by Gasteiger charge is 2.26. The molecule has 1 N–H and O–H groups in total. The van der Waals surface area contributed by atoms with Crippen LogP contribution in [0, 0.1) is 5.92 Å². The van der Waals surface area contributed by atoms with Crippen LogP contribution < -0.4 is 10.2 Å². The van der Waals surface area contributed by atoms with E-state index in [0.717, 1.165) is 81.4 Å². The van der Waals surface area contributed by atoms with Gasteiger partial charge in [0.15, 0.2) is 5.78 Å². The highest BCUT2D eigenvalue weighted by Crippen LogP contribution is 2.35. The zero-order valence-electron chi connectivity index (χ0n) is 19.0. The first kappa shape index (κ1) is 22.8. The van der Waals surface area contributed by atoms with Gasteiger partial charge in [0.05, 0.1) is 17.6 Å². The van der Waals surface area contributed by atoms with Crippen LogP contribution in [0.1, 0.15) is 107 Å². The highest BCUT2D eigenvalue weighted by atomic mass is 16.2. The molecule has 1 aromatic heterocycles. The number of nitrogens with one attached hydrogen (secondary N) is 1. The number of amides is 1. The summed E-state index contributed by atoms with van der Waals surface area (Å²) in [4.78, 5) is 32.4. The van der Waals surface area contributed by atoms with Gasteiger partial charge in [0.25, 0.3) is 0 Å². The number of carbonyl (C=O) groups excluding carboxylic acids is 2. The van der Waals surface area contributed by atoms with E-state index in [1.165, 1.54) is 32.1 Å². The Labute approximate surface area is 182 Å². The molecule has 2 aliphatic rings. The summed E-state index contributed by atoms with van der Waals surface area (Å²) >= 11 is 0. The van der Waals surface area contributed by atoms with Gasteiger partial charge in [-0.25, -0.2) is 0 Å². The maximum Gasteiger partial charge on any atom is 0.227 e. The van der Waals surface area contributed by atoms with Crippen molar-refractivity contribution in [1.29, 1.82) is 0 Å². The molecule has 0 bridgehead atoms. The summed E-state index contributed by atoms with van der Waals surface area (Å²) in [6.45, 7) is 5.68. The molecule has 0 unspecified atom stereocenters. The van der Waals surface area contributed by atoms with Crippen LogP contribution in [0.25, 0.3) is 0 Å². The van der Waals surface area contributed by atoms with Gasteiger partial charge in [-0.05, 0) is 38.5 Å². The molecule has 1 aromatic rings. The minimum atomic E-state index is 0.00542. The summed E-state index contributed by atoms with van der Waals surface area (Å²) in [5, 5.41) is 3.26. The second-order valence-corrected chi connectivity index (χ2v) is 9.09. The lowest BCUT2D eigenvalue weighted by Crippen LogP contribution is -2.33. The Hall–Kier alpha value is -1.91. The minimum absolute atomic E-state index is 0.00542. The lowest BCUT2D eigenvalue weighted by Gasteiger charge is -2.33.